The molecule has 1 aromatic rings. The van der Waals surface area contributed by atoms with Crippen molar-refractivity contribution in [1.82, 2.24) is 5.32 Å². The van der Waals surface area contributed by atoms with E-state index in [4.69, 9.17) is 0 Å². The Morgan fingerprint density at radius 1 is 1.22 bits per heavy atom. The quantitative estimate of drug-likeness (QED) is 0.790. The fourth-order valence-corrected chi connectivity index (χ4v) is 4.42. The van der Waals surface area contributed by atoms with Gasteiger partial charge in [-0.05, 0) is 46.7 Å². The lowest BCUT2D eigenvalue weighted by atomic mass is 9.61. The summed E-state index contributed by atoms with van der Waals surface area (Å²) < 4.78 is 0. The van der Waals surface area contributed by atoms with Crippen LogP contribution in [0.4, 0.5) is 0 Å². The molecule has 0 radical (unpaired) electrons. The molecule has 0 amide bonds. The molecule has 2 saturated carbocycles. The van der Waals surface area contributed by atoms with Crippen molar-refractivity contribution >= 4 is 11.3 Å². The van der Waals surface area contributed by atoms with Gasteiger partial charge in [-0.2, -0.15) is 11.3 Å². The first-order valence-electron chi connectivity index (χ1n) is 7.65. The molecule has 2 fully saturated rings. The van der Waals surface area contributed by atoms with Crippen LogP contribution < -0.4 is 5.32 Å². The van der Waals surface area contributed by atoms with Crippen LogP contribution in [-0.2, 0) is 0 Å². The predicted octanol–water partition coefficient (Wildman–Crippen LogP) is 4.62. The zero-order chi connectivity index (χ0) is 12.4. The summed E-state index contributed by atoms with van der Waals surface area (Å²) >= 11 is 1.85. The van der Waals surface area contributed by atoms with E-state index in [0.29, 0.717) is 6.04 Å². The van der Waals surface area contributed by atoms with Crippen LogP contribution in [-0.4, -0.2) is 6.54 Å². The third kappa shape index (κ3) is 2.37. The van der Waals surface area contributed by atoms with E-state index in [1.54, 1.807) is 5.56 Å². The molecule has 1 unspecified atom stereocenters. The van der Waals surface area contributed by atoms with Crippen molar-refractivity contribution in [2.45, 2.75) is 51.5 Å². The normalized spacial score (nSPS) is 22.8. The monoisotopic (exact) mass is 263 g/mol. The Hall–Kier alpha value is -0.340. The van der Waals surface area contributed by atoms with Crippen LogP contribution in [0.5, 0.6) is 0 Å². The molecule has 3 rings (SSSR count). The first-order chi connectivity index (χ1) is 8.90. The van der Waals surface area contributed by atoms with Crippen LogP contribution >= 0.6 is 11.3 Å². The highest BCUT2D eigenvalue weighted by Gasteiger charge is 2.40. The Balaban J connectivity index is 1.79. The van der Waals surface area contributed by atoms with Gasteiger partial charge in [0.2, 0.25) is 0 Å². The van der Waals surface area contributed by atoms with E-state index in [2.05, 4.69) is 29.1 Å². The fourth-order valence-electron chi connectivity index (χ4n) is 3.73. The fraction of sp³-hybridized carbons (Fsp3) is 0.750. The summed E-state index contributed by atoms with van der Waals surface area (Å²) in [4.78, 5) is 0. The summed E-state index contributed by atoms with van der Waals surface area (Å²) in [7, 11) is 0. The number of thiophene rings is 1. The molecular formula is C16H25NS. The molecule has 2 aliphatic carbocycles. The molecule has 0 aliphatic heterocycles. The Kier molecular flexibility index (Phi) is 4.05. The molecule has 2 aliphatic rings. The van der Waals surface area contributed by atoms with Crippen LogP contribution in [0.2, 0.25) is 0 Å². The van der Waals surface area contributed by atoms with Gasteiger partial charge in [-0.3, -0.25) is 0 Å². The van der Waals surface area contributed by atoms with Gasteiger partial charge in [0.1, 0.15) is 0 Å². The molecule has 18 heavy (non-hydrogen) atoms. The predicted molar refractivity (Wildman–Crippen MR) is 78.9 cm³/mol. The van der Waals surface area contributed by atoms with Crippen molar-refractivity contribution in [1.29, 1.82) is 0 Å². The van der Waals surface area contributed by atoms with Crippen LogP contribution in [0.15, 0.2) is 16.8 Å². The van der Waals surface area contributed by atoms with Gasteiger partial charge < -0.3 is 5.32 Å². The highest BCUT2D eigenvalue weighted by molar-refractivity contribution is 7.07. The SMILES string of the molecule is CCNC(c1ccsc1)C(C1CCC1)C1CCC1. The van der Waals surface area contributed by atoms with Gasteiger partial charge in [0, 0.05) is 6.04 Å². The average Bonchev–Trinajstić information content (AvgIpc) is 2.73. The topological polar surface area (TPSA) is 12.0 Å². The molecule has 1 atom stereocenters. The van der Waals surface area contributed by atoms with E-state index >= 15 is 0 Å². The van der Waals surface area contributed by atoms with Crippen LogP contribution in [0, 0.1) is 17.8 Å². The number of nitrogens with one attached hydrogen (secondary N) is 1. The summed E-state index contributed by atoms with van der Waals surface area (Å²) in [6.07, 6.45) is 8.85. The van der Waals surface area contributed by atoms with E-state index < -0.39 is 0 Å². The van der Waals surface area contributed by atoms with E-state index in [1.807, 2.05) is 11.3 Å². The summed E-state index contributed by atoms with van der Waals surface area (Å²) in [6, 6.07) is 2.96. The van der Waals surface area contributed by atoms with Gasteiger partial charge in [-0.15, -0.1) is 0 Å². The summed E-state index contributed by atoms with van der Waals surface area (Å²) in [6.45, 7) is 3.34. The largest absolute Gasteiger partial charge is 0.310 e. The Morgan fingerprint density at radius 2 is 1.89 bits per heavy atom. The first-order valence-corrected chi connectivity index (χ1v) is 8.60. The molecule has 0 aromatic carbocycles. The molecule has 1 aromatic heterocycles. The van der Waals surface area contributed by atoms with Gasteiger partial charge in [0.05, 0.1) is 0 Å². The molecule has 100 valence electrons. The van der Waals surface area contributed by atoms with Gasteiger partial charge in [-0.25, -0.2) is 0 Å². The highest BCUT2D eigenvalue weighted by Crippen LogP contribution is 2.49. The van der Waals surface area contributed by atoms with Crippen molar-refractivity contribution in [2.24, 2.45) is 17.8 Å². The maximum atomic E-state index is 3.79. The maximum Gasteiger partial charge on any atom is 0.0362 e. The lowest BCUT2D eigenvalue weighted by molar-refractivity contribution is 0.0602. The second-order valence-electron chi connectivity index (χ2n) is 6.05. The molecular weight excluding hydrogens is 238 g/mol. The Bertz CT molecular complexity index is 337. The van der Waals surface area contributed by atoms with Gasteiger partial charge in [0.25, 0.3) is 0 Å². The smallest absolute Gasteiger partial charge is 0.0362 e. The lowest BCUT2D eigenvalue weighted by Gasteiger charge is -2.46. The van der Waals surface area contributed by atoms with Crippen molar-refractivity contribution in [3.05, 3.63) is 22.4 Å². The van der Waals surface area contributed by atoms with Crippen LogP contribution in [0.25, 0.3) is 0 Å². The van der Waals surface area contributed by atoms with Crippen molar-refractivity contribution in [3.63, 3.8) is 0 Å². The summed E-state index contributed by atoms with van der Waals surface area (Å²) in [5.74, 6) is 2.90. The molecule has 1 heterocycles. The van der Waals surface area contributed by atoms with E-state index in [1.165, 1.54) is 38.5 Å². The first kappa shape index (κ1) is 12.7. The van der Waals surface area contributed by atoms with Crippen molar-refractivity contribution < 1.29 is 0 Å². The second-order valence-corrected chi connectivity index (χ2v) is 6.83. The minimum atomic E-state index is 0.622. The lowest BCUT2D eigenvalue weighted by Crippen LogP contribution is -2.41. The highest BCUT2D eigenvalue weighted by atomic mass is 32.1. The minimum Gasteiger partial charge on any atom is -0.310 e. The zero-order valence-electron chi connectivity index (χ0n) is 11.4. The number of hydrogen-bond donors (Lipinski definition) is 1. The molecule has 1 N–H and O–H groups in total. The van der Waals surface area contributed by atoms with Gasteiger partial charge in [0.15, 0.2) is 0 Å². The molecule has 2 heteroatoms. The maximum absolute atomic E-state index is 3.79. The van der Waals surface area contributed by atoms with Gasteiger partial charge in [-0.1, -0.05) is 45.4 Å². The standard InChI is InChI=1S/C16H25NS/c1-2-17-16(14-9-10-18-11-14)15(12-5-3-6-12)13-7-4-8-13/h9-13,15-17H,2-8H2,1H3. The van der Waals surface area contributed by atoms with Crippen LogP contribution in [0.3, 0.4) is 0 Å². The average molecular weight is 263 g/mol. The molecule has 0 saturated heterocycles. The number of hydrogen-bond acceptors (Lipinski definition) is 2. The zero-order valence-corrected chi connectivity index (χ0v) is 12.2. The second kappa shape index (κ2) is 5.75. The third-order valence-electron chi connectivity index (χ3n) is 5.10. The van der Waals surface area contributed by atoms with E-state index in [-0.39, 0.29) is 0 Å². The third-order valence-corrected chi connectivity index (χ3v) is 5.80. The molecule has 0 bridgehead atoms. The summed E-state index contributed by atoms with van der Waals surface area (Å²) in [5.41, 5.74) is 1.55. The van der Waals surface area contributed by atoms with Crippen LogP contribution in [0.1, 0.15) is 57.1 Å². The Morgan fingerprint density at radius 3 is 2.28 bits per heavy atom. The molecule has 0 spiro atoms. The Labute approximate surface area is 115 Å². The van der Waals surface area contributed by atoms with Crippen molar-refractivity contribution in [3.8, 4) is 0 Å². The van der Waals surface area contributed by atoms with Crippen molar-refractivity contribution in [2.75, 3.05) is 6.54 Å². The summed E-state index contributed by atoms with van der Waals surface area (Å²) in [5, 5.41) is 8.38. The number of rotatable bonds is 6. The van der Waals surface area contributed by atoms with Gasteiger partial charge >= 0.3 is 0 Å². The molecule has 1 nitrogen and oxygen atoms in total. The minimum absolute atomic E-state index is 0.622. The van der Waals surface area contributed by atoms with E-state index in [9.17, 15) is 0 Å². The van der Waals surface area contributed by atoms with E-state index in [0.717, 1.165) is 24.3 Å².